The van der Waals surface area contributed by atoms with Crippen LogP contribution < -0.4 is 0 Å². The van der Waals surface area contributed by atoms with Crippen molar-refractivity contribution >= 4 is 6.29 Å². The number of likely N-dealkylation sites (N-methyl/N-ethyl adjacent to an activating group) is 1. The molecule has 0 aliphatic rings. The molecule has 0 aliphatic carbocycles. The molecule has 0 aromatic rings. The third kappa shape index (κ3) is 2.97. The van der Waals surface area contributed by atoms with E-state index in [0.29, 0.717) is 12.6 Å². The second kappa shape index (κ2) is 5.42. The van der Waals surface area contributed by atoms with Gasteiger partial charge >= 0.3 is 0 Å². The quantitative estimate of drug-likeness (QED) is 0.541. The number of aldehydes is 1. The normalized spacial score (nSPS) is 10.9. The van der Waals surface area contributed by atoms with Gasteiger partial charge < -0.3 is 4.79 Å². The molecular weight excluding hydrogens is 126 g/mol. The van der Waals surface area contributed by atoms with E-state index in [-0.39, 0.29) is 0 Å². The Labute approximate surface area is 63.2 Å². The monoisotopic (exact) mass is 143 g/mol. The van der Waals surface area contributed by atoms with E-state index in [1.165, 1.54) is 0 Å². The molecule has 0 amide bonds. The molecule has 0 saturated heterocycles. The second-order valence-electron chi connectivity index (χ2n) is 2.58. The van der Waals surface area contributed by atoms with Crippen LogP contribution in [0.5, 0.6) is 0 Å². The molecule has 60 valence electrons. The van der Waals surface area contributed by atoms with Crippen LogP contribution in [-0.4, -0.2) is 30.8 Å². The van der Waals surface area contributed by atoms with Gasteiger partial charge in [0.05, 0.1) is 6.54 Å². The minimum absolute atomic E-state index is 0.562. The SMILES string of the molecule is CCC(CC)N(C)CC=O. The van der Waals surface area contributed by atoms with Gasteiger partial charge in [-0.2, -0.15) is 0 Å². The molecule has 10 heavy (non-hydrogen) atoms. The Kier molecular flexibility index (Phi) is 5.22. The van der Waals surface area contributed by atoms with Gasteiger partial charge in [0.1, 0.15) is 6.29 Å². The topological polar surface area (TPSA) is 20.3 Å². The number of carbonyl (C=O) groups is 1. The molecular formula is C8H17NO. The van der Waals surface area contributed by atoms with Crippen LogP contribution in [0.4, 0.5) is 0 Å². The van der Waals surface area contributed by atoms with Gasteiger partial charge in [-0.3, -0.25) is 4.90 Å². The van der Waals surface area contributed by atoms with Gasteiger partial charge in [-0.05, 0) is 19.9 Å². The van der Waals surface area contributed by atoms with Crippen molar-refractivity contribution in [2.24, 2.45) is 0 Å². The Bertz CT molecular complexity index is 89.3. The largest absolute Gasteiger partial charge is 0.302 e. The molecule has 0 fully saturated rings. The molecule has 0 N–H and O–H groups in total. The van der Waals surface area contributed by atoms with E-state index in [9.17, 15) is 4.79 Å². The lowest BCUT2D eigenvalue weighted by molar-refractivity contribution is -0.109. The summed E-state index contributed by atoms with van der Waals surface area (Å²) < 4.78 is 0. The van der Waals surface area contributed by atoms with Crippen LogP contribution in [0.1, 0.15) is 26.7 Å². The van der Waals surface area contributed by atoms with E-state index in [4.69, 9.17) is 0 Å². The molecule has 0 radical (unpaired) electrons. The number of rotatable bonds is 5. The summed E-state index contributed by atoms with van der Waals surface area (Å²) >= 11 is 0. The summed E-state index contributed by atoms with van der Waals surface area (Å²) in [5, 5.41) is 0. The van der Waals surface area contributed by atoms with Crippen molar-refractivity contribution in [2.45, 2.75) is 32.7 Å². The average molecular weight is 143 g/mol. The smallest absolute Gasteiger partial charge is 0.133 e. The van der Waals surface area contributed by atoms with E-state index in [2.05, 4.69) is 18.7 Å². The molecule has 2 heteroatoms. The first kappa shape index (κ1) is 9.63. The van der Waals surface area contributed by atoms with Gasteiger partial charge in [0.15, 0.2) is 0 Å². The highest BCUT2D eigenvalue weighted by Crippen LogP contribution is 2.03. The number of hydrogen-bond donors (Lipinski definition) is 0. The Hall–Kier alpha value is -0.370. The first-order valence-corrected chi connectivity index (χ1v) is 3.90. The third-order valence-corrected chi connectivity index (χ3v) is 1.93. The van der Waals surface area contributed by atoms with Crippen molar-refractivity contribution in [3.63, 3.8) is 0 Å². The molecule has 0 aromatic heterocycles. The molecule has 0 atom stereocenters. The van der Waals surface area contributed by atoms with Crippen LogP contribution in [0.25, 0.3) is 0 Å². The maximum absolute atomic E-state index is 10.1. The molecule has 0 rings (SSSR count). The minimum atomic E-state index is 0.562. The predicted molar refractivity (Wildman–Crippen MR) is 43.1 cm³/mol. The van der Waals surface area contributed by atoms with E-state index >= 15 is 0 Å². The van der Waals surface area contributed by atoms with Gasteiger partial charge in [0, 0.05) is 6.04 Å². The summed E-state index contributed by atoms with van der Waals surface area (Å²) in [5.74, 6) is 0. The first-order valence-electron chi connectivity index (χ1n) is 3.90. The van der Waals surface area contributed by atoms with E-state index < -0.39 is 0 Å². The lowest BCUT2D eigenvalue weighted by Gasteiger charge is -2.23. The predicted octanol–water partition coefficient (Wildman–Crippen LogP) is 1.31. The number of hydrogen-bond acceptors (Lipinski definition) is 2. The number of carbonyl (C=O) groups excluding carboxylic acids is 1. The molecule has 2 nitrogen and oxygen atoms in total. The maximum Gasteiger partial charge on any atom is 0.133 e. The van der Waals surface area contributed by atoms with Gasteiger partial charge in [0.25, 0.3) is 0 Å². The van der Waals surface area contributed by atoms with E-state index in [0.717, 1.165) is 19.1 Å². The van der Waals surface area contributed by atoms with Crippen LogP contribution in [0.3, 0.4) is 0 Å². The van der Waals surface area contributed by atoms with Gasteiger partial charge in [0.2, 0.25) is 0 Å². The van der Waals surface area contributed by atoms with Crippen molar-refractivity contribution in [1.82, 2.24) is 4.90 Å². The van der Waals surface area contributed by atoms with Gasteiger partial charge in [-0.25, -0.2) is 0 Å². The van der Waals surface area contributed by atoms with E-state index in [1.807, 2.05) is 7.05 Å². The summed E-state index contributed by atoms with van der Waals surface area (Å²) in [5.41, 5.74) is 0. The highest BCUT2D eigenvalue weighted by molar-refractivity contribution is 5.51. The zero-order valence-electron chi connectivity index (χ0n) is 7.13. The van der Waals surface area contributed by atoms with E-state index in [1.54, 1.807) is 0 Å². The lowest BCUT2D eigenvalue weighted by Crippen LogP contribution is -2.31. The molecule has 0 bridgehead atoms. The van der Waals surface area contributed by atoms with Gasteiger partial charge in [-0.15, -0.1) is 0 Å². The number of nitrogens with zero attached hydrogens (tertiary/aromatic N) is 1. The van der Waals surface area contributed by atoms with Crippen molar-refractivity contribution < 1.29 is 4.79 Å². The molecule has 0 aromatic carbocycles. The summed E-state index contributed by atoms with van der Waals surface area (Å²) in [4.78, 5) is 12.2. The molecule has 0 unspecified atom stereocenters. The lowest BCUT2D eigenvalue weighted by atomic mass is 10.1. The van der Waals surface area contributed by atoms with Crippen LogP contribution in [0.15, 0.2) is 0 Å². The zero-order chi connectivity index (χ0) is 7.98. The van der Waals surface area contributed by atoms with Crippen molar-refractivity contribution in [3.05, 3.63) is 0 Å². The first-order chi connectivity index (χ1) is 4.76. The standard InChI is InChI=1S/C8H17NO/c1-4-8(5-2)9(3)6-7-10/h7-8H,4-6H2,1-3H3. The average Bonchev–Trinajstić information content (AvgIpc) is 1.91. The Morgan fingerprint density at radius 2 is 1.90 bits per heavy atom. The summed E-state index contributed by atoms with van der Waals surface area (Å²) in [6.07, 6.45) is 3.21. The van der Waals surface area contributed by atoms with Crippen molar-refractivity contribution in [3.8, 4) is 0 Å². The molecule has 0 saturated carbocycles. The fourth-order valence-electron chi connectivity index (χ4n) is 1.18. The van der Waals surface area contributed by atoms with Crippen LogP contribution in [-0.2, 0) is 4.79 Å². The highest BCUT2D eigenvalue weighted by Gasteiger charge is 2.07. The van der Waals surface area contributed by atoms with Crippen molar-refractivity contribution in [1.29, 1.82) is 0 Å². The highest BCUT2D eigenvalue weighted by atomic mass is 16.1. The maximum atomic E-state index is 10.1. The van der Waals surface area contributed by atoms with Crippen molar-refractivity contribution in [2.75, 3.05) is 13.6 Å². The molecule has 0 spiro atoms. The molecule has 0 aliphatic heterocycles. The Morgan fingerprint density at radius 1 is 1.40 bits per heavy atom. The Morgan fingerprint density at radius 3 is 2.20 bits per heavy atom. The molecule has 0 heterocycles. The van der Waals surface area contributed by atoms with Crippen LogP contribution >= 0.6 is 0 Å². The van der Waals surface area contributed by atoms with Gasteiger partial charge in [-0.1, -0.05) is 13.8 Å². The van der Waals surface area contributed by atoms with Crippen LogP contribution in [0, 0.1) is 0 Å². The fraction of sp³-hybridized carbons (Fsp3) is 0.875. The fourth-order valence-corrected chi connectivity index (χ4v) is 1.18. The van der Waals surface area contributed by atoms with Crippen LogP contribution in [0.2, 0.25) is 0 Å². The summed E-state index contributed by atoms with van der Waals surface area (Å²) in [6, 6.07) is 0.574. The summed E-state index contributed by atoms with van der Waals surface area (Å²) in [7, 11) is 1.99. The zero-order valence-corrected chi connectivity index (χ0v) is 7.13. The summed E-state index contributed by atoms with van der Waals surface area (Å²) in [6.45, 7) is 4.86. The second-order valence-corrected chi connectivity index (χ2v) is 2.58. The third-order valence-electron chi connectivity index (χ3n) is 1.93. The minimum Gasteiger partial charge on any atom is -0.302 e. The Balaban J connectivity index is 3.63.